The lowest BCUT2D eigenvalue weighted by atomic mass is 9.49. The van der Waals surface area contributed by atoms with E-state index in [1.165, 1.54) is 33.5 Å². The maximum Gasteiger partial charge on any atom is 0.309 e. The van der Waals surface area contributed by atoms with Crippen LogP contribution in [0.2, 0.25) is 0 Å². The normalized spacial score (nSPS) is 41.3. The van der Waals surface area contributed by atoms with Crippen LogP contribution < -0.4 is 0 Å². The highest BCUT2D eigenvalue weighted by Crippen LogP contribution is 2.71. The van der Waals surface area contributed by atoms with Gasteiger partial charge in [-0.05, 0) is 30.9 Å². The SMILES string of the molecule is C=C1[C@]2(O)C[C@@]3(C)[C@H](c4ccoc4)OC(=O)C[C@]13O[C@H]1[C@@H](OC(C)=O)[C@@H](OC(C)=O)C(C)(C)[C@H](CC(=O)OC)[C@@]1(C)C2=O. The van der Waals surface area contributed by atoms with E-state index in [0.717, 1.165) is 0 Å². The molecule has 2 saturated carbocycles. The van der Waals surface area contributed by atoms with Gasteiger partial charge in [-0.1, -0.05) is 27.4 Å². The molecule has 1 aromatic rings. The predicted octanol–water partition coefficient (Wildman–Crippen LogP) is 2.76. The van der Waals surface area contributed by atoms with Gasteiger partial charge in [0.25, 0.3) is 0 Å². The maximum absolute atomic E-state index is 15.0. The molecule has 2 aliphatic carbocycles. The molecule has 1 N–H and O–H groups in total. The van der Waals surface area contributed by atoms with Crippen molar-refractivity contribution in [3.63, 3.8) is 0 Å². The van der Waals surface area contributed by atoms with Crippen molar-refractivity contribution in [3.8, 4) is 0 Å². The van der Waals surface area contributed by atoms with Gasteiger partial charge in [0.1, 0.15) is 29.5 Å². The fraction of sp³-hybridized carbons (Fsp3) is 0.645. The molecule has 1 aromatic heterocycles. The average molecular weight is 603 g/mol. The summed E-state index contributed by atoms with van der Waals surface area (Å²) < 4.78 is 34.6. The summed E-state index contributed by atoms with van der Waals surface area (Å²) >= 11 is 0. The summed E-state index contributed by atoms with van der Waals surface area (Å²) in [6, 6.07) is 1.62. The van der Waals surface area contributed by atoms with Crippen LogP contribution in [-0.4, -0.2) is 71.4 Å². The standard InChI is InChI=1S/C31H38O12/c1-15-30(37)14-28(6)23(18-9-10-39-13-18)42-21(35)12-31(15,28)43-25-22(40-16(2)32)24(41-17(3)33)27(4,5)19(11-20(34)38-8)29(25,7)26(30)36/h9-10,13,19,22-25,37H,1,11-12,14H2,2-8H3/t19-,22-,23-,24+,25-,28-,29+,30+,31-/m0/s1. The quantitative estimate of drug-likeness (QED) is 0.298. The Balaban J connectivity index is 1.80. The van der Waals surface area contributed by atoms with Crippen LogP contribution >= 0.6 is 0 Å². The zero-order chi connectivity index (χ0) is 31.9. The van der Waals surface area contributed by atoms with Crippen LogP contribution in [0.5, 0.6) is 0 Å². The smallest absolute Gasteiger partial charge is 0.309 e. The van der Waals surface area contributed by atoms with Crippen molar-refractivity contribution in [2.75, 3.05) is 7.11 Å². The number of furan rings is 1. The lowest BCUT2D eigenvalue weighted by Gasteiger charge is -2.61. The van der Waals surface area contributed by atoms with Crippen LogP contribution in [0.25, 0.3) is 0 Å². The molecule has 43 heavy (non-hydrogen) atoms. The molecule has 2 saturated heterocycles. The number of ketones is 1. The van der Waals surface area contributed by atoms with E-state index >= 15 is 4.79 Å². The highest BCUT2D eigenvalue weighted by Gasteiger charge is 2.81. The Morgan fingerprint density at radius 2 is 1.74 bits per heavy atom. The number of cyclic esters (lactones) is 1. The van der Waals surface area contributed by atoms with Crippen molar-refractivity contribution in [3.05, 3.63) is 36.3 Å². The topological polar surface area (TPSA) is 165 Å². The van der Waals surface area contributed by atoms with Gasteiger partial charge < -0.3 is 33.2 Å². The molecule has 1 spiro atoms. The lowest BCUT2D eigenvalue weighted by molar-refractivity contribution is -0.291. The third-order valence-corrected chi connectivity index (χ3v) is 10.5. The minimum Gasteiger partial charge on any atom is -0.472 e. The first-order chi connectivity index (χ1) is 19.9. The molecule has 0 radical (unpaired) electrons. The predicted molar refractivity (Wildman–Crippen MR) is 145 cm³/mol. The Hall–Kier alpha value is -3.51. The number of ether oxygens (including phenoxy) is 5. The summed E-state index contributed by atoms with van der Waals surface area (Å²) in [5.41, 5.74) is -7.68. The Labute approximate surface area is 249 Å². The molecule has 234 valence electrons. The Morgan fingerprint density at radius 3 is 2.30 bits per heavy atom. The monoisotopic (exact) mass is 602 g/mol. The molecule has 0 amide bonds. The number of aliphatic hydroxyl groups is 1. The minimum atomic E-state index is -2.24. The summed E-state index contributed by atoms with van der Waals surface area (Å²) in [5, 5.41) is 12.5. The zero-order valence-electron chi connectivity index (χ0n) is 25.4. The van der Waals surface area contributed by atoms with Gasteiger partial charge in [-0.15, -0.1) is 0 Å². The molecule has 12 heteroatoms. The van der Waals surface area contributed by atoms with Crippen molar-refractivity contribution >= 4 is 29.7 Å². The molecule has 3 heterocycles. The Bertz CT molecular complexity index is 1390. The number of rotatable bonds is 5. The number of carbonyl (C=O) groups is 5. The van der Waals surface area contributed by atoms with Gasteiger partial charge >= 0.3 is 23.9 Å². The fourth-order valence-electron chi connectivity index (χ4n) is 8.57. The first kappa shape index (κ1) is 30.9. The molecule has 12 nitrogen and oxygen atoms in total. The lowest BCUT2D eigenvalue weighted by Crippen LogP contribution is -2.72. The summed E-state index contributed by atoms with van der Waals surface area (Å²) in [5.74, 6) is -4.43. The molecule has 9 atom stereocenters. The molecule has 4 aliphatic rings. The van der Waals surface area contributed by atoms with E-state index in [1.54, 1.807) is 33.8 Å². The number of Topliss-reactive ketones (excluding diaryl/α,β-unsaturated/α-hetero) is 1. The highest BCUT2D eigenvalue weighted by atomic mass is 16.6. The molecular weight excluding hydrogens is 564 g/mol. The van der Waals surface area contributed by atoms with Crippen LogP contribution in [0.3, 0.4) is 0 Å². The summed E-state index contributed by atoms with van der Waals surface area (Å²) in [7, 11) is 1.21. The van der Waals surface area contributed by atoms with Gasteiger partial charge in [0.05, 0.1) is 37.9 Å². The maximum atomic E-state index is 15.0. The largest absolute Gasteiger partial charge is 0.472 e. The van der Waals surface area contributed by atoms with Crippen LogP contribution in [0.4, 0.5) is 0 Å². The minimum absolute atomic E-state index is 0.0338. The number of fused-ring (bicyclic) bond motifs is 2. The number of esters is 4. The van der Waals surface area contributed by atoms with Crippen LogP contribution in [-0.2, 0) is 47.7 Å². The fourth-order valence-corrected chi connectivity index (χ4v) is 8.57. The third-order valence-electron chi connectivity index (χ3n) is 10.5. The van der Waals surface area contributed by atoms with E-state index in [0.29, 0.717) is 5.56 Å². The van der Waals surface area contributed by atoms with Crippen molar-refractivity contribution in [2.45, 2.75) is 96.4 Å². The van der Waals surface area contributed by atoms with Gasteiger partial charge in [-0.25, -0.2) is 0 Å². The van der Waals surface area contributed by atoms with Crippen molar-refractivity contribution in [1.82, 2.24) is 0 Å². The van der Waals surface area contributed by atoms with E-state index in [1.807, 2.05) is 0 Å². The van der Waals surface area contributed by atoms with E-state index in [2.05, 4.69) is 6.58 Å². The molecule has 0 aromatic carbocycles. The third kappa shape index (κ3) is 4.05. The van der Waals surface area contributed by atoms with Gasteiger partial charge in [-0.3, -0.25) is 24.0 Å². The second-order valence-electron chi connectivity index (χ2n) is 13.3. The summed E-state index contributed by atoms with van der Waals surface area (Å²) in [6.07, 6.45) is -3.11. The zero-order valence-corrected chi connectivity index (χ0v) is 25.4. The molecule has 0 unspecified atom stereocenters. The molecule has 2 bridgehead atoms. The molecule has 5 rings (SSSR count). The van der Waals surface area contributed by atoms with Crippen LogP contribution in [0, 0.1) is 22.2 Å². The van der Waals surface area contributed by atoms with Gasteiger partial charge in [-0.2, -0.15) is 0 Å². The highest BCUT2D eigenvalue weighted by molar-refractivity contribution is 5.99. The van der Waals surface area contributed by atoms with Crippen molar-refractivity contribution in [2.24, 2.45) is 22.2 Å². The number of hydrogen-bond acceptors (Lipinski definition) is 12. The molecule has 4 fully saturated rings. The second-order valence-corrected chi connectivity index (χ2v) is 13.3. The second kappa shape index (κ2) is 9.75. The number of carbonyl (C=O) groups excluding carboxylic acids is 5. The number of hydrogen-bond donors (Lipinski definition) is 1. The first-order valence-corrected chi connectivity index (χ1v) is 14.2. The molecular formula is C31H38O12. The average Bonchev–Trinajstić information content (AvgIpc) is 3.49. The van der Waals surface area contributed by atoms with Crippen LogP contribution in [0.1, 0.15) is 72.5 Å². The number of methoxy groups -OCH3 is 1. The summed E-state index contributed by atoms with van der Waals surface area (Å²) in [6.45, 7) is 13.2. The van der Waals surface area contributed by atoms with Crippen molar-refractivity contribution < 1.29 is 57.2 Å². The summed E-state index contributed by atoms with van der Waals surface area (Å²) in [4.78, 5) is 66.2. The van der Waals surface area contributed by atoms with E-state index in [-0.39, 0.29) is 18.4 Å². The van der Waals surface area contributed by atoms with E-state index in [9.17, 15) is 24.3 Å². The first-order valence-electron chi connectivity index (χ1n) is 14.2. The van der Waals surface area contributed by atoms with Crippen LogP contribution in [0.15, 0.2) is 35.2 Å². The van der Waals surface area contributed by atoms with E-state index < -0.39 is 93.9 Å². The van der Waals surface area contributed by atoms with Gasteiger partial charge in [0, 0.05) is 30.2 Å². The van der Waals surface area contributed by atoms with Gasteiger partial charge in [0.2, 0.25) is 0 Å². The Morgan fingerprint density at radius 1 is 1.09 bits per heavy atom. The van der Waals surface area contributed by atoms with Gasteiger partial charge in [0.15, 0.2) is 11.9 Å². The van der Waals surface area contributed by atoms with E-state index in [4.69, 9.17) is 28.1 Å². The Kier molecular flexibility index (Phi) is 7.01. The molecule has 2 aliphatic heterocycles. The van der Waals surface area contributed by atoms with Crippen molar-refractivity contribution in [1.29, 1.82) is 0 Å².